The molecule has 1 saturated heterocycles. The van der Waals surface area contributed by atoms with Gasteiger partial charge in [0.15, 0.2) is 16.6 Å². The van der Waals surface area contributed by atoms with Crippen molar-refractivity contribution in [2.24, 2.45) is 0 Å². The lowest BCUT2D eigenvalue weighted by molar-refractivity contribution is -0.137. The molecule has 1 amide bonds. The average molecular weight is 481 g/mol. The molecule has 0 unspecified atom stereocenters. The molecule has 2 heterocycles. The van der Waals surface area contributed by atoms with Crippen molar-refractivity contribution in [2.45, 2.75) is 55.4 Å². The predicted octanol–water partition coefficient (Wildman–Crippen LogP) is 4.96. The fourth-order valence-electron chi connectivity index (χ4n) is 4.54. The molecular weight excluding hydrogens is 456 g/mol. The molecule has 4 nitrogen and oxygen atoms in total. The van der Waals surface area contributed by atoms with E-state index in [1.807, 2.05) is 0 Å². The topological polar surface area (TPSA) is 41.6 Å². The van der Waals surface area contributed by atoms with E-state index in [9.17, 15) is 13.6 Å². The first-order chi connectivity index (χ1) is 15.9. The molecule has 1 saturated carbocycles. The van der Waals surface area contributed by atoms with Gasteiger partial charge in [0.2, 0.25) is 5.91 Å². The number of nitrogens with one attached hydrogen (secondary N) is 1. The van der Waals surface area contributed by atoms with Gasteiger partial charge >= 0.3 is 0 Å². The summed E-state index contributed by atoms with van der Waals surface area (Å²) in [4.78, 5) is 14.6. The molecule has 2 fully saturated rings. The number of fused-ring (bicyclic) bond motifs is 5. The zero-order valence-electron chi connectivity index (χ0n) is 17.8. The summed E-state index contributed by atoms with van der Waals surface area (Å²) in [5.41, 5.74) is 0.704. The predicted molar refractivity (Wildman–Crippen MR) is 118 cm³/mol. The first-order valence-corrected chi connectivity index (χ1v) is 11.9. The standard InChI is InChI=1S/C24H24F4N2O2S/c25-17-7-11-30-19(22(17)29-33-24(28)9-10-24)13-14-3-1-4-15(21(14)27)16-5-2-6-18(26)23(16)32-12-8-20(30)31/h1-6,17,19,22,29H,7-13H2/t17-,19-,22-/m0/s1. The van der Waals surface area contributed by atoms with Gasteiger partial charge in [-0.15, -0.1) is 0 Å². The van der Waals surface area contributed by atoms with Crippen LogP contribution >= 0.6 is 11.9 Å². The Morgan fingerprint density at radius 2 is 1.88 bits per heavy atom. The smallest absolute Gasteiger partial charge is 0.226 e. The number of carbonyl (C=O) groups is 1. The molecule has 5 rings (SSSR count). The van der Waals surface area contributed by atoms with Crippen molar-refractivity contribution in [3.63, 3.8) is 0 Å². The number of halogens is 4. The van der Waals surface area contributed by atoms with Crippen LogP contribution in [0.1, 0.15) is 31.2 Å². The van der Waals surface area contributed by atoms with Gasteiger partial charge in [-0.25, -0.2) is 17.6 Å². The van der Waals surface area contributed by atoms with Gasteiger partial charge in [-0.2, -0.15) is 0 Å². The quantitative estimate of drug-likeness (QED) is 0.498. The Kier molecular flexibility index (Phi) is 6.03. The largest absolute Gasteiger partial charge is 0.489 e. The number of nitrogens with zero attached hydrogens (tertiary/aromatic N) is 1. The van der Waals surface area contributed by atoms with E-state index in [4.69, 9.17) is 4.74 Å². The number of carbonyl (C=O) groups excluding carboxylic acids is 1. The molecule has 0 aromatic heterocycles. The van der Waals surface area contributed by atoms with Crippen LogP contribution in [0.4, 0.5) is 17.6 Å². The van der Waals surface area contributed by atoms with E-state index in [2.05, 4.69) is 4.72 Å². The zero-order chi connectivity index (χ0) is 23.2. The minimum Gasteiger partial charge on any atom is -0.489 e. The Morgan fingerprint density at radius 1 is 1.12 bits per heavy atom. The van der Waals surface area contributed by atoms with Crippen molar-refractivity contribution in [1.82, 2.24) is 9.62 Å². The lowest BCUT2D eigenvalue weighted by Crippen LogP contribution is -2.60. The van der Waals surface area contributed by atoms with Gasteiger partial charge in [0.05, 0.1) is 25.1 Å². The second-order valence-corrected chi connectivity index (χ2v) is 9.96. The zero-order valence-corrected chi connectivity index (χ0v) is 18.6. The summed E-state index contributed by atoms with van der Waals surface area (Å²) in [5, 5.41) is -1.41. The van der Waals surface area contributed by atoms with Gasteiger partial charge in [-0.3, -0.25) is 9.52 Å². The fraction of sp³-hybridized carbons (Fsp3) is 0.458. The van der Waals surface area contributed by atoms with Crippen LogP contribution in [-0.4, -0.2) is 47.2 Å². The van der Waals surface area contributed by atoms with Gasteiger partial charge in [0.25, 0.3) is 0 Å². The van der Waals surface area contributed by atoms with Crippen LogP contribution in [0.2, 0.25) is 0 Å². The Labute approximate surface area is 193 Å². The molecule has 0 spiro atoms. The monoisotopic (exact) mass is 480 g/mol. The van der Waals surface area contributed by atoms with E-state index in [1.54, 1.807) is 24.3 Å². The van der Waals surface area contributed by atoms with Gasteiger partial charge in [0, 0.05) is 17.7 Å². The number of benzene rings is 2. The Balaban J connectivity index is 1.55. The highest BCUT2D eigenvalue weighted by Crippen LogP contribution is 2.49. The minimum absolute atomic E-state index is 0.0371. The molecule has 176 valence electrons. The first-order valence-electron chi connectivity index (χ1n) is 11.1. The van der Waals surface area contributed by atoms with Crippen molar-refractivity contribution >= 4 is 17.9 Å². The molecule has 2 aliphatic heterocycles. The van der Waals surface area contributed by atoms with Crippen LogP contribution in [0.25, 0.3) is 11.1 Å². The third-order valence-corrected chi connectivity index (χ3v) is 7.68. The van der Waals surface area contributed by atoms with Crippen molar-refractivity contribution in [1.29, 1.82) is 0 Å². The number of ether oxygens (including phenoxy) is 1. The van der Waals surface area contributed by atoms with E-state index >= 15 is 8.78 Å². The minimum atomic E-state index is -1.41. The molecule has 1 aliphatic carbocycles. The molecule has 3 atom stereocenters. The molecule has 2 bridgehead atoms. The summed E-state index contributed by atoms with van der Waals surface area (Å²) in [6.07, 6.45) is -0.406. The summed E-state index contributed by atoms with van der Waals surface area (Å²) in [6, 6.07) is 7.48. The van der Waals surface area contributed by atoms with E-state index in [1.165, 1.54) is 17.0 Å². The number of piperidine rings is 1. The average Bonchev–Trinajstić information content (AvgIpc) is 3.52. The van der Waals surface area contributed by atoms with Crippen LogP contribution in [0.3, 0.4) is 0 Å². The highest BCUT2D eigenvalue weighted by atomic mass is 32.2. The number of amides is 1. The lowest BCUT2D eigenvalue weighted by Gasteiger charge is -2.43. The molecule has 0 radical (unpaired) electrons. The lowest BCUT2D eigenvalue weighted by atomic mass is 9.88. The van der Waals surface area contributed by atoms with E-state index < -0.39 is 34.9 Å². The maximum atomic E-state index is 15.7. The van der Waals surface area contributed by atoms with Crippen molar-refractivity contribution in [2.75, 3.05) is 13.2 Å². The van der Waals surface area contributed by atoms with Crippen LogP contribution in [0.5, 0.6) is 5.75 Å². The summed E-state index contributed by atoms with van der Waals surface area (Å²) in [5.74, 6) is -1.61. The Hall–Kier alpha value is -2.26. The van der Waals surface area contributed by atoms with E-state index in [0.717, 1.165) is 11.9 Å². The molecular formula is C24H24F4N2O2S. The van der Waals surface area contributed by atoms with Crippen LogP contribution in [-0.2, 0) is 11.2 Å². The molecule has 2 aromatic carbocycles. The second kappa shape index (κ2) is 8.83. The maximum Gasteiger partial charge on any atom is 0.226 e. The molecule has 9 heteroatoms. The van der Waals surface area contributed by atoms with E-state index in [0.29, 0.717) is 12.8 Å². The van der Waals surface area contributed by atoms with E-state index in [-0.39, 0.29) is 60.8 Å². The van der Waals surface area contributed by atoms with Gasteiger partial charge in [0.1, 0.15) is 12.0 Å². The molecule has 1 N–H and O–H groups in total. The Bertz CT molecular complexity index is 1060. The maximum absolute atomic E-state index is 15.7. The van der Waals surface area contributed by atoms with Crippen molar-refractivity contribution < 1.29 is 27.1 Å². The van der Waals surface area contributed by atoms with Crippen molar-refractivity contribution in [3.8, 4) is 16.9 Å². The fourth-order valence-corrected chi connectivity index (χ4v) is 5.50. The Morgan fingerprint density at radius 3 is 2.67 bits per heavy atom. The van der Waals surface area contributed by atoms with Crippen LogP contribution in [0, 0.1) is 11.6 Å². The van der Waals surface area contributed by atoms with Crippen LogP contribution < -0.4 is 9.46 Å². The highest BCUT2D eigenvalue weighted by Gasteiger charge is 2.47. The highest BCUT2D eigenvalue weighted by molar-refractivity contribution is 7.98. The molecule has 33 heavy (non-hydrogen) atoms. The third kappa shape index (κ3) is 4.45. The summed E-state index contributed by atoms with van der Waals surface area (Å²) in [6.45, 7) is 0.0668. The first kappa shape index (κ1) is 22.5. The summed E-state index contributed by atoms with van der Waals surface area (Å²) >= 11 is 0.857. The summed E-state index contributed by atoms with van der Waals surface area (Å²) < 4.78 is 68.0. The number of alkyl halides is 2. The summed E-state index contributed by atoms with van der Waals surface area (Å²) in [7, 11) is 0. The SMILES string of the molecule is O=C1CCOc2c(F)cccc2-c2cccc(c2F)C[C@H]2[C@@H](NSC3(F)CC3)[C@@H](F)CCN12. The number of hydrogen-bond acceptors (Lipinski definition) is 4. The van der Waals surface area contributed by atoms with Gasteiger partial charge in [-0.1, -0.05) is 30.3 Å². The number of hydrogen-bond donors (Lipinski definition) is 1. The van der Waals surface area contributed by atoms with Crippen LogP contribution in [0.15, 0.2) is 36.4 Å². The third-order valence-electron chi connectivity index (χ3n) is 6.52. The molecule has 3 aliphatic rings. The van der Waals surface area contributed by atoms with Gasteiger partial charge in [-0.05, 0) is 49.3 Å². The number of para-hydroxylation sites is 1. The molecule has 2 aromatic rings. The van der Waals surface area contributed by atoms with Gasteiger partial charge < -0.3 is 9.64 Å². The number of rotatable bonds is 3. The normalized spacial score (nSPS) is 26.4. The van der Waals surface area contributed by atoms with Crippen molar-refractivity contribution in [3.05, 3.63) is 53.6 Å². The second-order valence-electron chi connectivity index (χ2n) is 8.79.